The maximum Gasteiger partial charge on any atom is 0.186 e. The minimum Gasteiger partial charge on any atom is -0.484 e. The zero-order valence-corrected chi connectivity index (χ0v) is 7.36. The Hall–Kier alpha value is -0.900. The fraction of sp³-hybridized carbons (Fsp3) is 0.429. The first kappa shape index (κ1) is 8.20. The molecule has 1 aromatic rings. The molecule has 0 saturated carbocycles. The van der Waals surface area contributed by atoms with Crippen molar-refractivity contribution in [2.45, 2.75) is 13.3 Å². The molecule has 1 rings (SSSR count). The van der Waals surface area contributed by atoms with Crippen LogP contribution in [0.1, 0.15) is 10.7 Å². The number of aryl methyl sites for hydroxylation is 1. The van der Waals surface area contributed by atoms with Crippen molar-refractivity contribution in [3.63, 3.8) is 0 Å². The lowest BCUT2D eigenvalue weighted by Gasteiger charge is -1.97. The van der Waals surface area contributed by atoms with Gasteiger partial charge in [-0.15, -0.1) is 11.3 Å². The molecule has 0 aliphatic carbocycles. The molecule has 0 aromatic carbocycles. The van der Waals surface area contributed by atoms with Gasteiger partial charge >= 0.3 is 0 Å². The second-order valence-electron chi connectivity index (χ2n) is 2.16. The van der Waals surface area contributed by atoms with Gasteiger partial charge in [0, 0.05) is 5.38 Å². The van der Waals surface area contributed by atoms with Crippen LogP contribution in [0.15, 0.2) is 5.38 Å². The van der Waals surface area contributed by atoms with Crippen LogP contribution in [-0.2, 0) is 11.2 Å². The highest BCUT2D eigenvalue weighted by atomic mass is 32.1. The summed E-state index contributed by atoms with van der Waals surface area (Å²) in [6, 6.07) is 0. The molecule has 0 amide bonds. The van der Waals surface area contributed by atoms with Crippen molar-refractivity contribution in [3.8, 4) is 0 Å². The Balaban J connectivity index is 2.57. The number of ether oxygens (including phenoxy) is 1. The molecule has 0 saturated heterocycles. The van der Waals surface area contributed by atoms with Crippen molar-refractivity contribution >= 4 is 17.2 Å². The average molecular weight is 170 g/mol. The van der Waals surface area contributed by atoms with Gasteiger partial charge in [-0.1, -0.05) is 0 Å². The number of nitrogens with zero attached hydrogens (tertiary/aromatic N) is 1. The van der Waals surface area contributed by atoms with Gasteiger partial charge in [0.25, 0.3) is 0 Å². The summed E-state index contributed by atoms with van der Waals surface area (Å²) >= 11 is 1.59. The van der Waals surface area contributed by atoms with Gasteiger partial charge in [0.2, 0.25) is 0 Å². The van der Waals surface area contributed by atoms with Crippen LogP contribution in [0, 0.1) is 12.3 Å². The summed E-state index contributed by atoms with van der Waals surface area (Å²) in [5.41, 5.74) is 0.916. The number of aromatic nitrogens is 1. The predicted molar refractivity (Wildman–Crippen MR) is 45.3 cm³/mol. The molecule has 0 fully saturated rings. The van der Waals surface area contributed by atoms with Crippen molar-refractivity contribution in [3.05, 3.63) is 16.1 Å². The van der Waals surface area contributed by atoms with E-state index in [1.807, 2.05) is 12.3 Å². The molecule has 0 aliphatic rings. The zero-order valence-electron chi connectivity index (χ0n) is 6.55. The highest BCUT2D eigenvalue weighted by Crippen LogP contribution is 2.08. The van der Waals surface area contributed by atoms with Gasteiger partial charge in [-0.3, -0.25) is 5.41 Å². The van der Waals surface area contributed by atoms with Gasteiger partial charge in [-0.2, -0.15) is 0 Å². The summed E-state index contributed by atoms with van der Waals surface area (Å²) in [7, 11) is 1.50. The van der Waals surface area contributed by atoms with Gasteiger partial charge in [0.05, 0.1) is 24.2 Å². The number of nitrogens with one attached hydrogen (secondary N) is 1. The van der Waals surface area contributed by atoms with Crippen LogP contribution < -0.4 is 0 Å². The molecule has 0 atom stereocenters. The van der Waals surface area contributed by atoms with Crippen LogP contribution >= 0.6 is 11.3 Å². The van der Waals surface area contributed by atoms with Crippen molar-refractivity contribution in [2.24, 2.45) is 0 Å². The van der Waals surface area contributed by atoms with E-state index in [9.17, 15) is 0 Å². The van der Waals surface area contributed by atoms with Gasteiger partial charge in [-0.05, 0) is 6.92 Å². The first-order chi connectivity index (χ1) is 5.22. The summed E-state index contributed by atoms with van der Waals surface area (Å²) in [6.07, 6.45) is 0.501. The molecule has 0 aliphatic heterocycles. The SMILES string of the molecule is COC(=N)Cc1csc(C)n1. The standard InChI is InChI=1S/C7H10N2OS/c1-5-9-6(4-11-5)3-7(8)10-2/h4,8H,3H2,1-2H3. The second-order valence-corrected chi connectivity index (χ2v) is 3.22. The Labute approximate surface area is 69.6 Å². The maximum absolute atomic E-state index is 7.23. The highest BCUT2D eigenvalue weighted by Gasteiger charge is 2.01. The van der Waals surface area contributed by atoms with Crippen LogP contribution in [-0.4, -0.2) is 18.0 Å². The Kier molecular flexibility index (Phi) is 2.59. The highest BCUT2D eigenvalue weighted by molar-refractivity contribution is 7.09. The minimum atomic E-state index is 0.260. The summed E-state index contributed by atoms with van der Waals surface area (Å²) in [6.45, 7) is 1.95. The van der Waals surface area contributed by atoms with Gasteiger partial charge in [0.1, 0.15) is 0 Å². The van der Waals surface area contributed by atoms with Gasteiger partial charge in [-0.25, -0.2) is 4.98 Å². The first-order valence-electron chi connectivity index (χ1n) is 3.25. The molecule has 4 heteroatoms. The molecule has 1 aromatic heterocycles. The van der Waals surface area contributed by atoms with Crippen molar-refractivity contribution in [2.75, 3.05) is 7.11 Å². The predicted octanol–water partition coefficient (Wildman–Crippen LogP) is 1.62. The summed E-state index contributed by atoms with van der Waals surface area (Å²) in [5.74, 6) is 0.260. The molecule has 3 nitrogen and oxygen atoms in total. The van der Waals surface area contributed by atoms with E-state index in [2.05, 4.69) is 4.98 Å². The third-order valence-electron chi connectivity index (χ3n) is 1.25. The topological polar surface area (TPSA) is 46.0 Å². The van der Waals surface area contributed by atoms with Crippen LogP contribution in [0.25, 0.3) is 0 Å². The molecule has 0 radical (unpaired) electrons. The van der Waals surface area contributed by atoms with Crippen molar-refractivity contribution < 1.29 is 4.74 Å². The molecule has 1 N–H and O–H groups in total. The number of hydrogen-bond acceptors (Lipinski definition) is 4. The third kappa shape index (κ3) is 2.31. The van der Waals surface area contributed by atoms with E-state index in [1.165, 1.54) is 7.11 Å². The van der Waals surface area contributed by atoms with E-state index in [0.29, 0.717) is 6.42 Å². The normalized spacial score (nSPS) is 9.64. The van der Waals surface area contributed by atoms with Gasteiger partial charge in [0.15, 0.2) is 5.90 Å². The third-order valence-corrected chi connectivity index (χ3v) is 2.08. The molecule has 0 unspecified atom stereocenters. The average Bonchev–Trinajstić information content (AvgIpc) is 2.35. The minimum absolute atomic E-state index is 0.260. The molecule has 0 spiro atoms. The van der Waals surface area contributed by atoms with Crippen LogP contribution in [0.5, 0.6) is 0 Å². The van der Waals surface area contributed by atoms with Crippen LogP contribution in [0.2, 0.25) is 0 Å². The second kappa shape index (κ2) is 3.48. The smallest absolute Gasteiger partial charge is 0.186 e. The van der Waals surface area contributed by atoms with E-state index >= 15 is 0 Å². The molecule has 60 valence electrons. The molecule has 1 heterocycles. The van der Waals surface area contributed by atoms with Crippen LogP contribution in [0.3, 0.4) is 0 Å². The molecular weight excluding hydrogens is 160 g/mol. The van der Waals surface area contributed by atoms with E-state index < -0.39 is 0 Å². The Morgan fingerprint density at radius 1 is 1.82 bits per heavy atom. The summed E-state index contributed by atoms with van der Waals surface area (Å²) in [5, 5.41) is 10.2. The largest absolute Gasteiger partial charge is 0.484 e. The first-order valence-corrected chi connectivity index (χ1v) is 4.12. The lowest BCUT2D eigenvalue weighted by atomic mass is 10.3. The van der Waals surface area contributed by atoms with E-state index in [1.54, 1.807) is 11.3 Å². The van der Waals surface area contributed by atoms with E-state index in [-0.39, 0.29) is 5.90 Å². The molecule has 11 heavy (non-hydrogen) atoms. The summed E-state index contributed by atoms with van der Waals surface area (Å²) < 4.78 is 4.71. The zero-order chi connectivity index (χ0) is 8.27. The lowest BCUT2D eigenvalue weighted by molar-refractivity contribution is 0.389. The molecular formula is C7H10N2OS. The van der Waals surface area contributed by atoms with Crippen molar-refractivity contribution in [1.82, 2.24) is 4.98 Å². The Morgan fingerprint density at radius 3 is 3.00 bits per heavy atom. The monoisotopic (exact) mass is 170 g/mol. The quantitative estimate of drug-likeness (QED) is 0.541. The van der Waals surface area contributed by atoms with Gasteiger partial charge < -0.3 is 4.74 Å². The number of thiazole rings is 1. The number of methoxy groups -OCH3 is 1. The van der Waals surface area contributed by atoms with Crippen LogP contribution in [0.4, 0.5) is 0 Å². The van der Waals surface area contributed by atoms with E-state index in [0.717, 1.165) is 10.7 Å². The molecule has 0 bridgehead atoms. The maximum atomic E-state index is 7.23. The lowest BCUT2D eigenvalue weighted by Crippen LogP contribution is -2.03. The summed E-state index contributed by atoms with van der Waals surface area (Å²) in [4.78, 5) is 4.20. The fourth-order valence-corrected chi connectivity index (χ4v) is 1.34. The fourth-order valence-electron chi connectivity index (χ4n) is 0.726. The number of rotatable bonds is 2. The van der Waals surface area contributed by atoms with E-state index in [4.69, 9.17) is 10.1 Å². The Bertz CT molecular complexity index is 257. The van der Waals surface area contributed by atoms with Crippen molar-refractivity contribution in [1.29, 1.82) is 5.41 Å². The number of hydrogen-bond donors (Lipinski definition) is 1. The Morgan fingerprint density at radius 2 is 2.55 bits per heavy atom.